The molecule has 0 fully saturated rings. The van der Waals surface area contributed by atoms with Gasteiger partial charge in [-0.25, -0.2) is 0 Å². The summed E-state index contributed by atoms with van der Waals surface area (Å²) in [5.41, 5.74) is 2.77. The van der Waals surface area contributed by atoms with Gasteiger partial charge in [0.05, 0.1) is 19.3 Å². The molecule has 1 aliphatic heterocycles. The maximum absolute atomic E-state index is 5.97. The van der Waals surface area contributed by atoms with E-state index in [2.05, 4.69) is 6.58 Å². The number of fused-ring (bicyclic) bond motifs is 1. The predicted octanol–water partition coefficient (Wildman–Crippen LogP) is 3.82. The first kappa shape index (κ1) is 21.1. The van der Waals surface area contributed by atoms with Gasteiger partial charge in [-0.05, 0) is 51.2 Å². The number of hydrogen-bond acceptors (Lipinski definition) is 6. The molecule has 1 aliphatic rings. The van der Waals surface area contributed by atoms with Crippen molar-refractivity contribution in [2.75, 3.05) is 26.4 Å². The molecule has 8 heteroatoms. The van der Waals surface area contributed by atoms with Gasteiger partial charge in [0.15, 0.2) is 0 Å². The fraction of sp³-hybridized carbons (Fsp3) is 0.556. The van der Waals surface area contributed by atoms with E-state index in [0.717, 1.165) is 17.1 Å². The smallest absolute Gasteiger partial charge is 0.504 e. The van der Waals surface area contributed by atoms with Crippen LogP contribution >= 0.6 is 0 Å². The second-order valence-electron chi connectivity index (χ2n) is 5.96. The molecule has 6 nitrogen and oxygen atoms in total. The van der Waals surface area contributed by atoms with Crippen LogP contribution in [0.1, 0.15) is 26.3 Å². The van der Waals surface area contributed by atoms with Crippen molar-refractivity contribution in [3.05, 3.63) is 36.0 Å². The van der Waals surface area contributed by atoms with E-state index in [1.807, 2.05) is 45.5 Å². The Labute approximate surface area is 158 Å². The minimum absolute atomic E-state index is 0.464. The number of hydrogen-bond donors (Lipinski definition) is 0. The van der Waals surface area contributed by atoms with Crippen LogP contribution < -0.4 is 9.16 Å². The van der Waals surface area contributed by atoms with Crippen LogP contribution in [-0.2, 0) is 24.3 Å². The summed E-state index contributed by atoms with van der Waals surface area (Å²) in [5, 5.41) is 0. The van der Waals surface area contributed by atoms with E-state index in [0.29, 0.717) is 39.1 Å². The van der Waals surface area contributed by atoms with E-state index in [1.165, 1.54) is 0 Å². The molecule has 0 spiro atoms. The molecule has 0 aliphatic carbocycles. The van der Waals surface area contributed by atoms with Gasteiger partial charge < -0.3 is 26.9 Å². The molecule has 0 saturated heterocycles. The molecule has 0 bridgehead atoms. The lowest BCUT2D eigenvalue weighted by molar-refractivity contribution is 0.0675. The summed E-state index contributed by atoms with van der Waals surface area (Å²) < 4.78 is 35.3. The van der Waals surface area contributed by atoms with Gasteiger partial charge in [0.2, 0.25) is 0 Å². The second-order valence-corrected chi connectivity index (χ2v) is 11.6. The molecule has 0 amide bonds. The van der Waals surface area contributed by atoms with Gasteiger partial charge in [0.1, 0.15) is 11.5 Å². The highest BCUT2D eigenvalue weighted by atomic mass is 28.4. The Balaban J connectivity index is 1.98. The third kappa shape index (κ3) is 5.42. The monoisotopic (exact) mass is 398 g/mol. The molecule has 0 N–H and O–H groups in total. The molecule has 1 atom stereocenters. The molecule has 0 aromatic heterocycles. The van der Waals surface area contributed by atoms with E-state index in [9.17, 15) is 0 Å². The first-order valence-corrected chi connectivity index (χ1v) is 13.5. The summed E-state index contributed by atoms with van der Waals surface area (Å²) in [6.45, 7) is 14.3. The van der Waals surface area contributed by atoms with Gasteiger partial charge in [-0.2, -0.15) is 0 Å². The van der Waals surface area contributed by atoms with Crippen LogP contribution in [0.5, 0.6) is 11.5 Å². The van der Waals surface area contributed by atoms with Crippen molar-refractivity contribution in [1.82, 2.24) is 0 Å². The Morgan fingerprint density at radius 2 is 1.81 bits per heavy atom. The summed E-state index contributed by atoms with van der Waals surface area (Å²) in [6.07, 6.45) is 0. The molecular formula is C18H30O6Si2. The highest BCUT2D eigenvalue weighted by Gasteiger charge is 2.40. The summed E-state index contributed by atoms with van der Waals surface area (Å²) in [5.74, 6) is 1.62. The summed E-state index contributed by atoms with van der Waals surface area (Å²) in [7, 11) is -4.96. The minimum Gasteiger partial charge on any atom is -0.517 e. The van der Waals surface area contributed by atoms with Crippen LogP contribution in [0.4, 0.5) is 0 Å². The topological polar surface area (TPSA) is 55.4 Å². The van der Waals surface area contributed by atoms with Crippen molar-refractivity contribution in [1.29, 1.82) is 0 Å². The highest BCUT2D eigenvalue weighted by molar-refractivity contribution is 6.72. The Morgan fingerprint density at radius 1 is 1.15 bits per heavy atom. The van der Waals surface area contributed by atoms with E-state index in [1.54, 1.807) is 5.70 Å². The lowest BCUT2D eigenvalue weighted by Gasteiger charge is -2.31. The quantitative estimate of drug-likeness (QED) is 0.528. The van der Waals surface area contributed by atoms with Crippen LogP contribution in [0.15, 0.2) is 30.5 Å². The van der Waals surface area contributed by atoms with Crippen LogP contribution in [0.25, 0.3) is 0 Å². The number of benzene rings is 1. The summed E-state index contributed by atoms with van der Waals surface area (Å²) >= 11 is 0. The number of ether oxygens (including phenoxy) is 1. The SMILES string of the molecule is C=C[Si]1(C)OCc2cc(OCC[Si](OCC)(OCC)OCC)ccc2O1. The van der Waals surface area contributed by atoms with Crippen molar-refractivity contribution in [2.24, 2.45) is 0 Å². The Kier molecular flexibility index (Phi) is 7.87. The van der Waals surface area contributed by atoms with E-state index >= 15 is 0 Å². The third-order valence-electron chi connectivity index (χ3n) is 4.00. The summed E-state index contributed by atoms with van der Waals surface area (Å²) in [6, 6.07) is 6.40. The molecule has 0 radical (unpaired) electrons. The summed E-state index contributed by atoms with van der Waals surface area (Å²) in [4.78, 5) is 0. The average Bonchev–Trinajstić information content (AvgIpc) is 2.62. The molecule has 0 saturated carbocycles. The normalized spacial score (nSPS) is 19.5. The van der Waals surface area contributed by atoms with E-state index in [-0.39, 0.29) is 0 Å². The molecule has 26 heavy (non-hydrogen) atoms. The lowest BCUT2D eigenvalue weighted by Crippen LogP contribution is -2.47. The van der Waals surface area contributed by atoms with Crippen LogP contribution in [0.3, 0.4) is 0 Å². The molecule has 1 aromatic rings. The Bertz CT molecular complexity index is 580. The zero-order valence-corrected chi connectivity index (χ0v) is 18.2. The van der Waals surface area contributed by atoms with Gasteiger partial charge in [-0.1, -0.05) is 0 Å². The zero-order chi connectivity index (χ0) is 19.0. The Morgan fingerprint density at radius 3 is 2.38 bits per heavy atom. The minimum atomic E-state index is -2.68. The molecular weight excluding hydrogens is 368 g/mol. The molecule has 2 rings (SSSR count). The van der Waals surface area contributed by atoms with Gasteiger partial charge in [0.25, 0.3) is 0 Å². The fourth-order valence-corrected chi connectivity index (χ4v) is 6.42. The van der Waals surface area contributed by atoms with Gasteiger partial charge in [-0.15, -0.1) is 6.58 Å². The van der Waals surface area contributed by atoms with Crippen LogP contribution in [0.2, 0.25) is 12.6 Å². The second kappa shape index (κ2) is 9.68. The van der Waals surface area contributed by atoms with Gasteiger partial charge >= 0.3 is 17.4 Å². The van der Waals surface area contributed by atoms with E-state index in [4.69, 9.17) is 26.9 Å². The Hall–Kier alpha value is -1.17. The first-order chi connectivity index (χ1) is 12.5. The highest BCUT2D eigenvalue weighted by Crippen LogP contribution is 2.32. The van der Waals surface area contributed by atoms with Crippen molar-refractivity contribution in [3.8, 4) is 11.5 Å². The molecule has 1 unspecified atom stereocenters. The van der Waals surface area contributed by atoms with Crippen molar-refractivity contribution < 1.29 is 26.9 Å². The van der Waals surface area contributed by atoms with Crippen molar-refractivity contribution >= 4 is 17.4 Å². The van der Waals surface area contributed by atoms with Gasteiger partial charge in [-0.3, -0.25) is 0 Å². The van der Waals surface area contributed by atoms with Crippen LogP contribution in [0, 0.1) is 0 Å². The molecule has 1 heterocycles. The number of rotatable bonds is 11. The fourth-order valence-electron chi connectivity index (χ4n) is 2.72. The van der Waals surface area contributed by atoms with Gasteiger partial charge in [0, 0.05) is 25.4 Å². The largest absolute Gasteiger partial charge is 0.517 e. The third-order valence-corrected chi connectivity index (χ3v) is 9.09. The molecule has 1 aromatic carbocycles. The molecule has 146 valence electrons. The van der Waals surface area contributed by atoms with Crippen molar-refractivity contribution in [2.45, 2.75) is 40.0 Å². The maximum atomic E-state index is 5.97. The standard InChI is InChI=1S/C18H30O6Si2/c1-6-20-26(21-7-2,22-8-3)13-12-19-17-10-11-18-16(14-17)15-23-25(5,9-4)24-18/h9-11,14H,4,6-8,12-13,15H2,1-3,5H3. The van der Waals surface area contributed by atoms with E-state index < -0.39 is 17.4 Å². The maximum Gasteiger partial charge on any atom is 0.504 e. The van der Waals surface area contributed by atoms with Crippen molar-refractivity contribution in [3.63, 3.8) is 0 Å². The lowest BCUT2D eigenvalue weighted by atomic mass is 10.2. The predicted molar refractivity (Wildman–Crippen MR) is 105 cm³/mol. The average molecular weight is 399 g/mol. The zero-order valence-electron chi connectivity index (χ0n) is 16.2. The van der Waals surface area contributed by atoms with Crippen LogP contribution in [-0.4, -0.2) is 43.8 Å². The first-order valence-electron chi connectivity index (χ1n) is 9.14.